The van der Waals surface area contributed by atoms with E-state index in [0.29, 0.717) is 10.9 Å². The number of nitrogens with one attached hydrogen (secondary N) is 1. The predicted octanol–water partition coefficient (Wildman–Crippen LogP) is 3.43. The van der Waals surface area contributed by atoms with Crippen LogP contribution < -0.4 is 5.32 Å². The van der Waals surface area contributed by atoms with Gasteiger partial charge in [0.15, 0.2) is 11.6 Å². The van der Waals surface area contributed by atoms with Crippen molar-refractivity contribution in [3.63, 3.8) is 0 Å². The van der Waals surface area contributed by atoms with E-state index in [1.54, 1.807) is 0 Å². The number of rotatable bonds is 1. The van der Waals surface area contributed by atoms with E-state index in [0.717, 1.165) is 42.6 Å². The standard InChI is InChI=1S/C14H14F2N2/c1-17-14-8-4-2-3-5-12(8)18-13-7-11(16)10(15)6-9(13)14/h6-7H,2-5H2,1H3,(H,17,18). The molecule has 1 aromatic heterocycles. The third kappa shape index (κ3) is 1.64. The van der Waals surface area contributed by atoms with Gasteiger partial charge in [-0.25, -0.2) is 8.78 Å². The first-order valence-electron chi connectivity index (χ1n) is 6.19. The van der Waals surface area contributed by atoms with E-state index in [1.807, 2.05) is 7.05 Å². The van der Waals surface area contributed by atoms with Crippen LogP contribution in [0.1, 0.15) is 24.1 Å². The molecule has 0 saturated heterocycles. The monoisotopic (exact) mass is 248 g/mol. The Morgan fingerprint density at radius 2 is 1.83 bits per heavy atom. The van der Waals surface area contributed by atoms with Crippen LogP contribution in [0.5, 0.6) is 0 Å². The number of hydrogen-bond donors (Lipinski definition) is 1. The minimum atomic E-state index is -0.840. The molecular weight excluding hydrogens is 234 g/mol. The Morgan fingerprint density at radius 3 is 2.61 bits per heavy atom. The lowest BCUT2D eigenvalue weighted by Crippen LogP contribution is -2.10. The van der Waals surface area contributed by atoms with E-state index in [9.17, 15) is 8.78 Å². The molecule has 0 radical (unpaired) electrons. The number of pyridine rings is 1. The topological polar surface area (TPSA) is 24.9 Å². The number of aryl methyl sites for hydroxylation is 1. The third-order valence-electron chi connectivity index (χ3n) is 3.55. The lowest BCUT2D eigenvalue weighted by Gasteiger charge is -2.20. The Balaban J connectivity index is 2.36. The normalized spacial score (nSPS) is 14.6. The predicted molar refractivity (Wildman–Crippen MR) is 67.8 cm³/mol. The Bertz CT molecular complexity index is 623. The molecule has 0 aliphatic heterocycles. The van der Waals surface area contributed by atoms with Gasteiger partial charge in [-0.15, -0.1) is 0 Å². The molecule has 0 unspecified atom stereocenters. The van der Waals surface area contributed by atoms with Gasteiger partial charge < -0.3 is 5.32 Å². The maximum atomic E-state index is 13.4. The number of halogens is 2. The van der Waals surface area contributed by atoms with Gasteiger partial charge in [0, 0.05) is 29.9 Å². The van der Waals surface area contributed by atoms with Gasteiger partial charge in [0.25, 0.3) is 0 Å². The highest BCUT2D eigenvalue weighted by Gasteiger charge is 2.18. The van der Waals surface area contributed by atoms with Crippen LogP contribution in [0.4, 0.5) is 14.5 Å². The smallest absolute Gasteiger partial charge is 0.161 e. The van der Waals surface area contributed by atoms with Crippen molar-refractivity contribution in [2.24, 2.45) is 0 Å². The van der Waals surface area contributed by atoms with Crippen LogP contribution in [0.25, 0.3) is 10.9 Å². The quantitative estimate of drug-likeness (QED) is 0.836. The van der Waals surface area contributed by atoms with Crippen LogP contribution in [0, 0.1) is 11.6 Å². The summed E-state index contributed by atoms with van der Waals surface area (Å²) in [6, 6.07) is 2.42. The van der Waals surface area contributed by atoms with Gasteiger partial charge in [-0.05, 0) is 37.3 Å². The van der Waals surface area contributed by atoms with Crippen LogP contribution in [0.15, 0.2) is 12.1 Å². The Kier molecular flexibility index (Phi) is 2.65. The second kappa shape index (κ2) is 4.19. The molecule has 0 saturated carbocycles. The molecule has 1 aromatic carbocycles. The van der Waals surface area contributed by atoms with Crippen LogP contribution >= 0.6 is 0 Å². The lowest BCUT2D eigenvalue weighted by atomic mass is 9.92. The average Bonchev–Trinajstić information content (AvgIpc) is 2.38. The van der Waals surface area contributed by atoms with E-state index >= 15 is 0 Å². The Hall–Kier alpha value is -1.71. The van der Waals surface area contributed by atoms with Crippen molar-refractivity contribution in [1.29, 1.82) is 0 Å². The number of anilines is 1. The van der Waals surface area contributed by atoms with Crippen LogP contribution in [-0.2, 0) is 12.8 Å². The van der Waals surface area contributed by atoms with Gasteiger partial charge in [-0.3, -0.25) is 4.98 Å². The molecule has 94 valence electrons. The summed E-state index contributed by atoms with van der Waals surface area (Å²) in [6.07, 6.45) is 4.10. The molecule has 3 rings (SSSR count). The van der Waals surface area contributed by atoms with Gasteiger partial charge in [-0.2, -0.15) is 0 Å². The zero-order valence-electron chi connectivity index (χ0n) is 10.2. The molecule has 2 nitrogen and oxygen atoms in total. The largest absolute Gasteiger partial charge is 0.387 e. The van der Waals surface area contributed by atoms with Crippen LogP contribution in [-0.4, -0.2) is 12.0 Å². The average molecular weight is 248 g/mol. The van der Waals surface area contributed by atoms with Crippen molar-refractivity contribution in [2.75, 3.05) is 12.4 Å². The minimum Gasteiger partial charge on any atom is -0.387 e. The fraction of sp³-hybridized carbons (Fsp3) is 0.357. The summed E-state index contributed by atoms with van der Waals surface area (Å²) in [6.45, 7) is 0. The van der Waals surface area contributed by atoms with E-state index in [2.05, 4.69) is 10.3 Å². The first kappa shape index (κ1) is 11.4. The summed E-state index contributed by atoms with van der Waals surface area (Å²) in [5.74, 6) is -1.66. The fourth-order valence-electron chi connectivity index (χ4n) is 2.70. The molecule has 0 amide bonds. The van der Waals surface area contributed by atoms with Crippen molar-refractivity contribution in [2.45, 2.75) is 25.7 Å². The van der Waals surface area contributed by atoms with Crippen LogP contribution in [0.2, 0.25) is 0 Å². The van der Waals surface area contributed by atoms with Gasteiger partial charge in [0.2, 0.25) is 0 Å². The Morgan fingerprint density at radius 1 is 1.11 bits per heavy atom. The minimum absolute atomic E-state index is 0.527. The first-order valence-corrected chi connectivity index (χ1v) is 6.19. The zero-order chi connectivity index (χ0) is 12.7. The summed E-state index contributed by atoms with van der Waals surface area (Å²) in [5, 5.41) is 3.78. The highest BCUT2D eigenvalue weighted by molar-refractivity contribution is 5.93. The number of nitrogens with zero attached hydrogens (tertiary/aromatic N) is 1. The fourth-order valence-corrected chi connectivity index (χ4v) is 2.70. The third-order valence-corrected chi connectivity index (χ3v) is 3.55. The highest BCUT2D eigenvalue weighted by atomic mass is 19.2. The van der Waals surface area contributed by atoms with Gasteiger partial charge in [0.05, 0.1) is 5.52 Å². The zero-order valence-corrected chi connectivity index (χ0v) is 10.2. The molecular formula is C14H14F2N2. The van der Waals surface area contributed by atoms with Crippen molar-refractivity contribution >= 4 is 16.6 Å². The second-order valence-electron chi connectivity index (χ2n) is 4.65. The molecule has 1 N–H and O–H groups in total. The summed E-state index contributed by atoms with van der Waals surface area (Å²) in [7, 11) is 1.81. The molecule has 2 aromatic rings. The molecule has 0 spiro atoms. The maximum absolute atomic E-state index is 13.4. The molecule has 0 bridgehead atoms. The Labute approximate surface area is 104 Å². The van der Waals surface area contributed by atoms with E-state index < -0.39 is 11.6 Å². The van der Waals surface area contributed by atoms with E-state index in [1.165, 1.54) is 12.1 Å². The van der Waals surface area contributed by atoms with Gasteiger partial charge in [0.1, 0.15) is 0 Å². The molecule has 4 heteroatoms. The number of aromatic nitrogens is 1. The van der Waals surface area contributed by atoms with Crippen molar-refractivity contribution < 1.29 is 8.78 Å². The maximum Gasteiger partial charge on any atom is 0.161 e. The number of benzene rings is 1. The van der Waals surface area contributed by atoms with Crippen molar-refractivity contribution in [3.05, 3.63) is 35.0 Å². The van der Waals surface area contributed by atoms with E-state index in [-0.39, 0.29) is 0 Å². The molecule has 0 atom stereocenters. The van der Waals surface area contributed by atoms with E-state index in [4.69, 9.17) is 0 Å². The summed E-state index contributed by atoms with van der Waals surface area (Å²) < 4.78 is 26.6. The molecule has 1 aliphatic carbocycles. The number of fused-ring (bicyclic) bond motifs is 2. The molecule has 1 aliphatic rings. The highest BCUT2D eigenvalue weighted by Crippen LogP contribution is 2.33. The summed E-state index contributed by atoms with van der Waals surface area (Å²) in [5.41, 5.74) is 3.60. The lowest BCUT2D eigenvalue weighted by molar-refractivity contribution is 0.510. The molecule has 0 fully saturated rings. The molecule has 1 heterocycles. The summed E-state index contributed by atoms with van der Waals surface area (Å²) >= 11 is 0. The first-order chi connectivity index (χ1) is 8.70. The van der Waals surface area contributed by atoms with Crippen LogP contribution in [0.3, 0.4) is 0 Å². The van der Waals surface area contributed by atoms with Gasteiger partial charge in [-0.1, -0.05) is 0 Å². The SMILES string of the molecule is CNc1c2c(nc3cc(F)c(F)cc13)CCCC2. The second-order valence-corrected chi connectivity index (χ2v) is 4.65. The van der Waals surface area contributed by atoms with Crippen molar-refractivity contribution in [3.8, 4) is 0 Å². The van der Waals surface area contributed by atoms with Crippen molar-refractivity contribution in [1.82, 2.24) is 4.98 Å². The van der Waals surface area contributed by atoms with Gasteiger partial charge >= 0.3 is 0 Å². The molecule has 18 heavy (non-hydrogen) atoms. The summed E-state index contributed by atoms with van der Waals surface area (Å²) in [4.78, 5) is 4.48. The number of hydrogen-bond acceptors (Lipinski definition) is 2.